The van der Waals surface area contributed by atoms with E-state index in [-0.39, 0.29) is 11.5 Å². The van der Waals surface area contributed by atoms with Crippen LogP contribution in [0.3, 0.4) is 0 Å². The van der Waals surface area contributed by atoms with E-state index in [0.717, 1.165) is 11.1 Å². The molecule has 0 saturated carbocycles. The number of nitrogens with zero attached hydrogens (tertiary/aromatic N) is 2. The van der Waals surface area contributed by atoms with Gasteiger partial charge in [0.2, 0.25) is 0 Å². The molecule has 9 heteroatoms. The van der Waals surface area contributed by atoms with Gasteiger partial charge in [-0.15, -0.1) is 0 Å². The molecule has 1 heterocycles. The zero-order chi connectivity index (χ0) is 22.4. The van der Waals surface area contributed by atoms with E-state index < -0.39 is 30.8 Å². The number of amides is 1. The summed E-state index contributed by atoms with van der Waals surface area (Å²) in [6.45, 7) is 0.909. The Labute approximate surface area is 178 Å². The first-order valence-electron chi connectivity index (χ1n) is 9.61. The number of benzene rings is 2. The maximum Gasteiger partial charge on any atom is 0.271 e. The molecule has 0 bridgehead atoms. The SMILES string of the molecule is C/C(=N/NC(=O)c1cccc(-c2ccccc2)c1)c1ncc([C@@H](O)[C@H](O)[C@H](O)CO)[nH]1. The van der Waals surface area contributed by atoms with Crippen molar-refractivity contribution in [3.8, 4) is 11.1 Å². The lowest BCUT2D eigenvalue weighted by Crippen LogP contribution is -2.34. The third-order valence-corrected chi connectivity index (χ3v) is 4.72. The minimum atomic E-state index is -1.59. The van der Waals surface area contributed by atoms with E-state index >= 15 is 0 Å². The van der Waals surface area contributed by atoms with Crippen molar-refractivity contribution in [2.75, 3.05) is 6.61 Å². The van der Waals surface area contributed by atoms with Crippen LogP contribution in [0.25, 0.3) is 11.1 Å². The molecule has 3 atom stereocenters. The maximum absolute atomic E-state index is 12.5. The number of hydrogen-bond acceptors (Lipinski definition) is 7. The number of aromatic amines is 1. The molecule has 0 aliphatic heterocycles. The zero-order valence-electron chi connectivity index (χ0n) is 16.8. The normalized spacial score (nSPS) is 14.7. The van der Waals surface area contributed by atoms with Crippen molar-refractivity contribution in [3.63, 3.8) is 0 Å². The highest BCUT2D eigenvalue weighted by Crippen LogP contribution is 2.20. The lowest BCUT2D eigenvalue weighted by atomic mass is 10.0. The molecule has 0 unspecified atom stereocenters. The largest absolute Gasteiger partial charge is 0.394 e. The highest BCUT2D eigenvalue weighted by molar-refractivity contribution is 5.99. The maximum atomic E-state index is 12.5. The van der Waals surface area contributed by atoms with Gasteiger partial charge in [-0.05, 0) is 30.2 Å². The molecule has 0 fully saturated rings. The lowest BCUT2D eigenvalue weighted by molar-refractivity contribution is -0.0788. The van der Waals surface area contributed by atoms with E-state index in [0.29, 0.717) is 11.3 Å². The van der Waals surface area contributed by atoms with Gasteiger partial charge in [0.15, 0.2) is 5.82 Å². The van der Waals surface area contributed by atoms with Crippen LogP contribution in [0.5, 0.6) is 0 Å². The summed E-state index contributed by atoms with van der Waals surface area (Å²) in [6, 6.07) is 16.8. The van der Waals surface area contributed by atoms with Crippen molar-refractivity contribution in [1.29, 1.82) is 0 Å². The number of aliphatic hydroxyl groups is 4. The molecule has 0 radical (unpaired) electrons. The monoisotopic (exact) mass is 424 g/mol. The third-order valence-electron chi connectivity index (χ3n) is 4.72. The zero-order valence-corrected chi connectivity index (χ0v) is 16.8. The summed E-state index contributed by atoms with van der Waals surface area (Å²) >= 11 is 0. The number of aliphatic hydroxyl groups excluding tert-OH is 4. The number of aromatic nitrogens is 2. The topological polar surface area (TPSA) is 151 Å². The van der Waals surface area contributed by atoms with Gasteiger partial charge in [0, 0.05) is 5.56 Å². The number of carbonyl (C=O) groups is 1. The Kier molecular flexibility index (Phi) is 7.27. The number of hydrazone groups is 1. The smallest absolute Gasteiger partial charge is 0.271 e. The molecule has 3 aromatic rings. The van der Waals surface area contributed by atoms with E-state index in [2.05, 4.69) is 20.5 Å². The van der Waals surface area contributed by atoms with Crippen LogP contribution in [0.15, 0.2) is 65.9 Å². The van der Waals surface area contributed by atoms with Crippen LogP contribution in [0, 0.1) is 0 Å². The molecule has 162 valence electrons. The fourth-order valence-corrected chi connectivity index (χ4v) is 2.89. The molecule has 0 spiro atoms. The van der Waals surface area contributed by atoms with Gasteiger partial charge in [0.05, 0.1) is 18.5 Å². The van der Waals surface area contributed by atoms with E-state index in [4.69, 9.17) is 5.11 Å². The van der Waals surface area contributed by atoms with E-state index in [1.165, 1.54) is 6.20 Å². The van der Waals surface area contributed by atoms with Crippen molar-refractivity contribution in [1.82, 2.24) is 15.4 Å². The Hall–Kier alpha value is -3.37. The molecular weight excluding hydrogens is 400 g/mol. The predicted octanol–water partition coefficient (Wildman–Crippen LogP) is 0.978. The number of rotatable bonds is 8. The van der Waals surface area contributed by atoms with Gasteiger partial charge in [0.1, 0.15) is 24.0 Å². The Morgan fingerprint density at radius 2 is 1.81 bits per heavy atom. The van der Waals surface area contributed by atoms with Crippen molar-refractivity contribution in [2.24, 2.45) is 5.10 Å². The molecular formula is C22H24N4O5. The molecule has 1 amide bonds. The molecule has 3 rings (SSSR count). The van der Waals surface area contributed by atoms with Crippen LogP contribution in [0.1, 0.15) is 34.9 Å². The van der Waals surface area contributed by atoms with Gasteiger partial charge in [-0.2, -0.15) is 5.10 Å². The predicted molar refractivity (Wildman–Crippen MR) is 114 cm³/mol. The van der Waals surface area contributed by atoms with Crippen molar-refractivity contribution < 1.29 is 25.2 Å². The first-order valence-corrected chi connectivity index (χ1v) is 9.61. The van der Waals surface area contributed by atoms with Gasteiger partial charge in [-0.1, -0.05) is 42.5 Å². The van der Waals surface area contributed by atoms with Crippen molar-refractivity contribution in [2.45, 2.75) is 25.2 Å². The summed E-state index contributed by atoms with van der Waals surface area (Å²) in [5.74, 6) is -0.136. The van der Waals surface area contributed by atoms with Crippen molar-refractivity contribution >= 4 is 11.6 Å². The van der Waals surface area contributed by atoms with Gasteiger partial charge in [-0.25, -0.2) is 10.4 Å². The van der Waals surface area contributed by atoms with E-state index in [9.17, 15) is 20.1 Å². The number of nitrogens with one attached hydrogen (secondary N) is 2. The second-order valence-corrected chi connectivity index (χ2v) is 6.96. The Bertz CT molecular complexity index is 1050. The molecule has 9 nitrogen and oxygen atoms in total. The third kappa shape index (κ3) is 5.41. The highest BCUT2D eigenvalue weighted by Gasteiger charge is 2.27. The van der Waals surface area contributed by atoms with Crippen LogP contribution in [0.2, 0.25) is 0 Å². The fourth-order valence-electron chi connectivity index (χ4n) is 2.89. The van der Waals surface area contributed by atoms with E-state index in [1.807, 2.05) is 36.4 Å². The molecule has 0 aliphatic carbocycles. The molecule has 2 aromatic carbocycles. The van der Waals surface area contributed by atoms with Crippen LogP contribution >= 0.6 is 0 Å². The molecule has 6 N–H and O–H groups in total. The second-order valence-electron chi connectivity index (χ2n) is 6.96. The average Bonchev–Trinajstić information content (AvgIpc) is 3.32. The van der Waals surface area contributed by atoms with Gasteiger partial charge >= 0.3 is 0 Å². The second kappa shape index (κ2) is 10.1. The number of imidazole rings is 1. The van der Waals surface area contributed by atoms with Crippen LogP contribution < -0.4 is 5.43 Å². The van der Waals surface area contributed by atoms with Gasteiger partial charge in [-0.3, -0.25) is 4.79 Å². The fraction of sp³-hybridized carbons (Fsp3) is 0.227. The summed E-state index contributed by atoms with van der Waals surface area (Å²) in [5.41, 5.74) is 5.27. The molecule has 31 heavy (non-hydrogen) atoms. The standard InChI is InChI=1S/C22H24N4O5/c1-13(21-23-11-17(24-21)19(29)20(30)18(28)12-27)25-26-22(31)16-9-5-8-15(10-16)14-6-3-2-4-7-14/h2-11,18-20,27-30H,12H2,1H3,(H,23,24)(H,26,31)/b25-13-/t18-,19-,20-/m1/s1. The average molecular weight is 424 g/mol. The highest BCUT2D eigenvalue weighted by atomic mass is 16.4. The van der Waals surface area contributed by atoms with E-state index in [1.54, 1.807) is 25.1 Å². The molecule has 0 aliphatic rings. The number of H-pyrrole nitrogens is 1. The van der Waals surface area contributed by atoms with Crippen molar-refractivity contribution in [3.05, 3.63) is 77.9 Å². The molecule has 0 saturated heterocycles. The summed E-state index contributed by atoms with van der Waals surface area (Å²) < 4.78 is 0. The summed E-state index contributed by atoms with van der Waals surface area (Å²) in [5, 5.41) is 42.2. The number of hydrogen-bond donors (Lipinski definition) is 6. The summed E-state index contributed by atoms with van der Waals surface area (Å²) in [6.07, 6.45) is -3.29. The van der Waals surface area contributed by atoms with Gasteiger partial charge < -0.3 is 25.4 Å². The minimum absolute atomic E-state index is 0.131. The minimum Gasteiger partial charge on any atom is -0.394 e. The lowest BCUT2D eigenvalue weighted by Gasteiger charge is -2.20. The Morgan fingerprint density at radius 1 is 1.10 bits per heavy atom. The number of carbonyl (C=O) groups excluding carboxylic acids is 1. The van der Waals surface area contributed by atoms with Crippen LogP contribution in [0.4, 0.5) is 0 Å². The Balaban J connectivity index is 1.68. The van der Waals surface area contributed by atoms with Gasteiger partial charge in [0.25, 0.3) is 5.91 Å². The summed E-state index contributed by atoms with van der Waals surface area (Å²) in [4.78, 5) is 19.3. The first kappa shape index (κ1) is 22.3. The quantitative estimate of drug-likeness (QED) is 0.234. The Morgan fingerprint density at radius 3 is 2.52 bits per heavy atom. The summed E-state index contributed by atoms with van der Waals surface area (Å²) in [7, 11) is 0. The first-order chi connectivity index (χ1) is 14.9. The van der Waals surface area contributed by atoms with Crippen LogP contribution in [-0.2, 0) is 0 Å². The van der Waals surface area contributed by atoms with Crippen LogP contribution in [-0.4, -0.2) is 60.8 Å². The molecule has 1 aromatic heterocycles.